The number of rotatable bonds is 5. The minimum atomic E-state index is -0.506. The number of nitrogens with two attached hydrogens (primary N) is 1. The molecule has 1 amide bonds. The maximum absolute atomic E-state index is 11.9. The van der Waals surface area contributed by atoms with Gasteiger partial charge in [-0.25, -0.2) is 4.79 Å². The van der Waals surface area contributed by atoms with Crippen LogP contribution in [-0.2, 0) is 9.47 Å². The minimum absolute atomic E-state index is 0.0385. The van der Waals surface area contributed by atoms with E-state index in [-0.39, 0.29) is 5.92 Å². The number of benzene rings is 1. The van der Waals surface area contributed by atoms with Crippen molar-refractivity contribution in [3.05, 3.63) is 29.8 Å². The zero-order chi connectivity index (χ0) is 17.6. The Morgan fingerprint density at radius 3 is 2.62 bits per heavy atom. The predicted octanol–water partition coefficient (Wildman–Crippen LogP) is 2.09. The summed E-state index contributed by atoms with van der Waals surface area (Å²) >= 11 is 0. The molecule has 6 heteroatoms. The van der Waals surface area contributed by atoms with E-state index >= 15 is 0 Å². The highest BCUT2D eigenvalue weighted by Gasteiger charge is 2.21. The van der Waals surface area contributed by atoms with Gasteiger partial charge in [0.2, 0.25) is 0 Å². The van der Waals surface area contributed by atoms with Gasteiger partial charge in [-0.2, -0.15) is 0 Å². The van der Waals surface area contributed by atoms with Crippen molar-refractivity contribution in [3.8, 4) is 0 Å². The lowest BCUT2D eigenvalue weighted by atomic mass is 9.96. The van der Waals surface area contributed by atoms with E-state index in [1.54, 1.807) is 0 Å². The number of nitrogens with zero attached hydrogens (tertiary/aromatic N) is 1. The van der Waals surface area contributed by atoms with Gasteiger partial charge in [-0.05, 0) is 32.4 Å². The molecule has 0 aliphatic carbocycles. The summed E-state index contributed by atoms with van der Waals surface area (Å²) in [6, 6.07) is 8.23. The van der Waals surface area contributed by atoms with E-state index in [4.69, 9.17) is 15.2 Å². The van der Waals surface area contributed by atoms with Crippen LogP contribution >= 0.6 is 0 Å². The van der Waals surface area contributed by atoms with Crippen LogP contribution in [0.25, 0.3) is 0 Å². The number of anilines is 1. The molecule has 134 valence electrons. The van der Waals surface area contributed by atoms with Crippen LogP contribution in [0.3, 0.4) is 0 Å². The number of morpholine rings is 1. The molecule has 0 bridgehead atoms. The number of carbonyl (C=O) groups is 1. The second-order valence-corrected chi connectivity index (χ2v) is 6.97. The van der Waals surface area contributed by atoms with Gasteiger partial charge >= 0.3 is 6.09 Å². The van der Waals surface area contributed by atoms with Gasteiger partial charge in [-0.1, -0.05) is 18.2 Å². The van der Waals surface area contributed by atoms with Crippen LogP contribution < -0.4 is 16.0 Å². The Morgan fingerprint density at radius 1 is 1.33 bits per heavy atom. The molecule has 1 heterocycles. The summed E-state index contributed by atoms with van der Waals surface area (Å²) in [5.74, 6) is 0.0385. The van der Waals surface area contributed by atoms with Crippen LogP contribution in [0.5, 0.6) is 0 Å². The molecule has 1 aromatic carbocycles. The summed E-state index contributed by atoms with van der Waals surface area (Å²) in [4.78, 5) is 14.2. The number of nitrogens with one attached hydrogen (secondary N) is 1. The van der Waals surface area contributed by atoms with Crippen molar-refractivity contribution >= 4 is 11.8 Å². The van der Waals surface area contributed by atoms with Gasteiger partial charge in [-0.15, -0.1) is 0 Å². The Kier molecular flexibility index (Phi) is 6.45. The average molecular weight is 335 g/mol. The van der Waals surface area contributed by atoms with Crippen LogP contribution in [-0.4, -0.2) is 51.1 Å². The third kappa shape index (κ3) is 5.39. The molecular formula is C18H29N3O3. The highest BCUT2D eigenvalue weighted by Crippen LogP contribution is 2.27. The fourth-order valence-corrected chi connectivity index (χ4v) is 2.77. The summed E-state index contributed by atoms with van der Waals surface area (Å²) in [6.45, 7) is 9.66. The second kappa shape index (κ2) is 8.35. The molecule has 24 heavy (non-hydrogen) atoms. The van der Waals surface area contributed by atoms with Crippen molar-refractivity contribution in [2.75, 3.05) is 44.3 Å². The van der Waals surface area contributed by atoms with Gasteiger partial charge in [0.25, 0.3) is 0 Å². The number of hydrogen-bond donors (Lipinski definition) is 2. The lowest BCUT2D eigenvalue weighted by Crippen LogP contribution is -2.39. The average Bonchev–Trinajstić information content (AvgIpc) is 2.55. The standard InChI is InChI=1S/C18H29N3O3/c1-18(2,3)24-17(22)20-13-14(12-19)15-6-4-5-7-16(15)21-8-10-23-11-9-21/h4-7,14H,8-13,19H2,1-3H3,(H,20,22). The molecule has 1 aliphatic rings. The van der Waals surface area contributed by atoms with Crippen molar-refractivity contribution in [1.82, 2.24) is 5.32 Å². The molecule has 1 fully saturated rings. The van der Waals surface area contributed by atoms with Crippen molar-refractivity contribution in [2.45, 2.75) is 32.3 Å². The maximum Gasteiger partial charge on any atom is 0.407 e. The van der Waals surface area contributed by atoms with Gasteiger partial charge in [0, 0.05) is 37.8 Å². The van der Waals surface area contributed by atoms with Crippen LogP contribution in [0.1, 0.15) is 32.3 Å². The Hall–Kier alpha value is -1.79. The third-order valence-electron chi connectivity index (χ3n) is 3.90. The van der Waals surface area contributed by atoms with Crippen LogP contribution in [0.4, 0.5) is 10.5 Å². The molecule has 3 N–H and O–H groups in total. The van der Waals surface area contributed by atoms with Gasteiger partial charge < -0.3 is 25.4 Å². The molecule has 0 radical (unpaired) electrons. The van der Waals surface area contributed by atoms with E-state index in [0.717, 1.165) is 31.9 Å². The molecule has 1 atom stereocenters. The lowest BCUT2D eigenvalue weighted by Gasteiger charge is -2.32. The normalized spacial score (nSPS) is 16.6. The summed E-state index contributed by atoms with van der Waals surface area (Å²) in [5, 5.41) is 2.83. The fraction of sp³-hybridized carbons (Fsp3) is 0.611. The van der Waals surface area contributed by atoms with Gasteiger partial charge in [0.15, 0.2) is 0 Å². The zero-order valence-corrected chi connectivity index (χ0v) is 14.9. The van der Waals surface area contributed by atoms with Crippen molar-refractivity contribution in [1.29, 1.82) is 0 Å². The number of hydrogen-bond acceptors (Lipinski definition) is 5. The monoisotopic (exact) mass is 335 g/mol. The van der Waals surface area contributed by atoms with Crippen molar-refractivity contribution in [3.63, 3.8) is 0 Å². The zero-order valence-electron chi connectivity index (χ0n) is 14.9. The summed E-state index contributed by atoms with van der Waals surface area (Å²) in [5.41, 5.74) is 7.80. The molecule has 0 saturated carbocycles. The largest absolute Gasteiger partial charge is 0.444 e. The Labute approximate surface area is 144 Å². The van der Waals surface area contributed by atoms with E-state index in [1.807, 2.05) is 32.9 Å². The molecule has 1 unspecified atom stereocenters. The van der Waals surface area contributed by atoms with E-state index in [2.05, 4.69) is 22.3 Å². The SMILES string of the molecule is CC(C)(C)OC(=O)NCC(CN)c1ccccc1N1CCOCC1. The Bertz CT molecular complexity index is 537. The third-order valence-corrected chi connectivity index (χ3v) is 3.90. The molecule has 1 saturated heterocycles. The van der Waals surface area contributed by atoms with Crippen molar-refractivity contribution < 1.29 is 14.3 Å². The molecule has 1 aromatic rings. The second-order valence-electron chi connectivity index (χ2n) is 6.97. The highest BCUT2D eigenvalue weighted by molar-refractivity contribution is 5.68. The number of para-hydroxylation sites is 1. The number of ether oxygens (including phenoxy) is 2. The first-order valence-electron chi connectivity index (χ1n) is 8.49. The molecule has 0 aromatic heterocycles. The smallest absolute Gasteiger partial charge is 0.407 e. The Balaban J connectivity index is 2.06. The van der Waals surface area contributed by atoms with Gasteiger partial charge in [0.05, 0.1) is 13.2 Å². The summed E-state index contributed by atoms with van der Waals surface area (Å²) < 4.78 is 10.7. The number of carbonyl (C=O) groups excluding carboxylic acids is 1. The Morgan fingerprint density at radius 2 is 2.00 bits per heavy atom. The molecular weight excluding hydrogens is 306 g/mol. The first kappa shape index (κ1) is 18.5. The van der Waals surface area contributed by atoms with Gasteiger partial charge in [-0.3, -0.25) is 0 Å². The number of alkyl carbamates (subject to hydrolysis) is 1. The summed E-state index contributed by atoms with van der Waals surface area (Å²) in [7, 11) is 0. The molecule has 0 spiro atoms. The quantitative estimate of drug-likeness (QED) is 0.862. The lowest BCUT2D eigenvalue weighted by molar-refractivity contribution is 0.0525. The summed E-state index contributed by atoms with van der Waals surface area (Å²) in [6.07, 6.45) is -0.412. The molecule has 1 aliphatic heterocycles. The highest BCUT2D eigenvalue weighted by atomic mass is 16.6. The van der Waals surface area contributed by atoms with E-state index in [1.165, 1.54) is 5.69 Å². The fourth-order valence-electron chi connectivity index (χ4n) is 2.77. The maximum atomic E-state index is 11.9. The van der Waals surface area contributed by atoms with Gasteiger partial charge in [0.1, 0.15) is 5.60 Å². The van der Waals surface area contributed by atoms with Crippen LogP contribution in [0.2, 0.25) is 0 Å². The first-order chi connectivity index (χ1) is 11.4. The minimum Gasteiger partial charge on any atom is -0.444 e. The number of amides is 1. The van der Waals surface area contributed by atoms with Crippen LogP contribution in [0.15, 0.2) is 24.3 Å². The van der Waals surface area contributed by atoms with E-state index in [9.17, 15) is 4.79 Å². The van der Waals surface area contributed by atoms with Crippen molar-refractivity contribution in [2.24, 2.45) is 5.73 Å². The van der Waals surface area contributed by atoms with E-state index in [0.29, 0.717) is 13.1 Å². The first-order valence-corrected chi connectivity index (χ1v) is 8.49. The molecule has 2 rings (SSSR count). The predicted molar refractivity (Wildman–Crippen MR) is 95.5 cm³/mol. The van der Waals surface area contributed by atoms with Crippen LogP contribution in [0, 0.1) is 0 Å². The molecule has 6 nitrogen and oxygen atoms in total. The topological polar surface area (TPSA) is 76.8 Å². The van der Waals surface area contributed by atoms with E-state index < -0.39 is 11.7 Å².